The van der Waals surface area contributed by atoms with Crippen molar-refractivity contribution < 1.29 is 13.2 Å². The molecule has 2 rings (SSSR count). The van der Waals surface area contributed by atoms with E-state index in [9.17, 15) is 13.2 Å². The van der Waals surface area contributed by atoms with Crippen LogP contribution in [0.4, 0.5) is 13.2 Å². The normalized spacial score (nSPS) is 26.9. The number of pyridine rings is 1. The fourth-order valence-corrected chi connectivity index (χ4v) is 2.71. The Kier molecular flexibility index (Phi) is 2.69. The molecule has 1 saturated carbocycles. The van der Waals surface area contributed by atoms with Crippen LogP contribution in [-0.4, -0.2) is 11.5 Å². The Balaban J connectivity index is 2.42. The molecule has 1 aliphatic carbocycles. The van der Waals surface area contributed by atoms with Gasteiger partial charge in [0.05, 0.1) is 5.56 Å². The number of aromatic nitrogens is 1. The van der Waals surface area contributed by atoms with Crippen molar-refractivity contribution in [2.45, 2.75) is 25.9 Å². The molecule has 1 aliphatic rings. The Morgan fingerprint density at radius 3 is 2.53 bits per heavy atom. The van der Waals surface area contributed by atoms with Gasteiger partial charge in [-0.05, 0) is 35.4 Å². The molecular weight excluding hydrogens is 229 g/mol. The van der Waals surface area contributed by atoms with Crippen molar-refractivity contribution >= 4 is 0 Å². The summed E-state index contributed by atoms with van der Waals surface area (Å²) in [6.07, 6.45) is -1.82. The molecule has 1 aromatic heterocycles. The molecule has 0 spiro atoms. The number of hydrogen-bond donors (Lipinski definition) is 1. The lowest BCUT2D eigenvalue weighted by atomic mass is 10.00. The van der Waals surface area contributed by atoms with Crippen molar-refractivity contribution in [1.82, 2.24) is 4.98 Å². The van der Waals surface area contributed by atoms with Crippen LogP contribution in [0.15, 0.2) is 18.5 Å². The molecule has 94 valence electrons. The number of alkyl halides is 3. The van der Waals surface area contributed by atoms with Gasteiger partial charge in [0.1, 0.15) is 0 Å². The Hall–Kier alpha value is -1.10. The molecule has 0 amide bonds. The molecule has 2 nitrogen and oxygen atoms in total. The van der Waals surface area contributed by atoms with E-state index >= 15 is 0 Å². The van der Waals surface area contributed by atoms with Crippen LogP contribution in [0.25, 0.3) is 0 Å². The van der Waals surface area contributed by atoms with E-state index < -0.39 is 11.7 Å². The van der Waals surface area contributed by atoms with Crippen molar-refractivity contribution in [3.63, 3.8) is 0 Å². The molecule has 1 fully saturated rings. The average molecular weight is 244 g/mol. The third-order valence-electron chi connectivity index (χ3n) is 3.80. The topological polar surface area (TPSA) is 38.9 Å². The Morgan fingerprint density at radius 1 is 1.41 bits per heavy atom. The fourth-order valence-electron chi connectivity index (χ4n) is 2.71. The van der Waals surface area contributed by atoms with Crippen LogP contribution >= 0.6 is 0 Å². The lowest BCUT2D eigenvalue weighted by molar-refractivity contribution is -0.138. The zero-order valence-electron chi connectivity index (χ0n) is 9.75. The number of hydrogen-bond acceptors (Lipinski definition) is 2. The van der Waals surface area contributed by atoms with Gasteiger partial charge in [0.2, 0.25) is 0 Å². The summed E-state index contributed by atoms with van der Waals surface area (Å²) in [6.45, 7) is 4.30. The molecule has 0 aliphatic heterocycles. The van der Waals surface area contributed by atoms with Crippen LogP contribution in [0.1, 0.15) is 30.9 Å². The van der Waals surface area contributed by atoms with E-state index in [1.165, 1.54) is 12.4 Å². The Labute approximate surface area is 98.0 Å². The second kappa shape index (κ2) is 3.70. The highest BCUT2D eigenvalue weighted by atomic mass is 19.4. The lowest BCUT2D eigenvalue weighted by Crippen LogP contribution is -2.10. The number of rotatable bonds is 2. The van der Waals surface area contributed by atoms with Crippen LogP contribution in [0.3, 0.4) is 0 Å². The molecule has 0 aromatic carbocycles. The van der Waals surface area contributed by atoms with E-state index in [4.69, 9.17) is 5.73 Å². The summed E-state index contributed by atoms with van der Waals surface area (Å²) in [5.74, 6) is -0.0365. The minimum absolute atomic E-state index is 0.104. The maximum atomic E-state index is 12.9. The van der Waals surface area contributed by atoms with Crippen LogP contribution in [0.2, 0.25) is 0 Å². The van der Waals surface area contributed by atoms with Crippen LogP contribution in [-0.2, 0) is 6.18 Å². The fraction of sp³-hybridized carbons (Fsp3) is 0.583. The SMILES string of the molecule is CC1(C)C(CN)C1c1cnccc1C(F)(F)F. The van der Waals surface area contributed by atoms with Gasteiger partial charge in [-0.25, -0.2) is 0 Å². The predicted octanol–water partition coefficient (Wildman–Crippen LogP) is 2.80. The molecule has 2 unspecified atom stereocenters. The first-order chi connectivity index (χ1) is 7.80. The van der Waals surface area contributed by atoms with E-state index in [0.29, 0.717) is 6.54 Å². The van der Waals surface area contributed by atoms with E-state index in [1.807, 2.05) is 13.8 Å². The molecule has 0 saturated heterocycles. The van der Waals surface area contributed by atoms with Gasteiger partial charge in [-0.3, -0.25) is 4.98 Å². The highest BCUT2D eigenvalue weighted by Gasteiger charge is 2.59. The molecule has 1 aromatic rings. The zero-order valence-corrected chi connectivity index (χ0v) is 9.75. The molecule has 17 heavy (non-hydrogen) atoms. The van der Waals surface area contributed by atoms with Crippen LogP contribution < -0.4 is 5.73 Å². The second-order valence-corrected chi connectivity index (χ2v) is 5.10. The standard InChI is InChI=1S/C12H15F3N2/c1-11(2)9(5-16)10(11)7-6-17-4-3-8(7)12(13,14)15/h3-4,6,9-10H,5,16H2,1-2H3. The summed E-state index contributed by atoms with van der Waals surface area (Å²) in [6, 6.07) is 1.04. The molecule has 2 atom stereocenters. The molecule has 1 heterocycles. The second-order valence-electron chi connectivity index (χ2n) is 5.10. The third kappa shape index (κ3) is 1.92. The van der Waals surface area contributed by atoms with Crippen LogP contribution in [0.5, 0.6) is 0 Å². The van der Waals surface area contributed by atoms with Crippen LogP contribution in [0, 0.1) is 11.3 Å². The summed E-state index contributed by atoms with van der Waals surface area (Å²) in [4.78, 5) is 3.81. The summed E-state index contributed by atoms with van der Waals surface area (Å²) in [7, 11) is 0. The van der Waals surface area contributed by atoms with E-state index in [0.717, 1.165) is 6.07 Å². The molecular formula is C12H15F3N2. The summed E-state index contributed by atoms with van der Waals surface area (Å²) in [5, 5.41) is 0. The van der Waals surface area contributed by atoms with Gasteiger partial charge in [-0.15, -0.1) is 0 Å². The van der Waals surface area contributed by atoms with Gasteiger partial charge >= 0.3 is 6.18 Å². The smallest absolute Gasteiger partial charge is 0.330 e. The Bertz CT molecular complexity index is 426. The Morgan fingerprint density at radius 2 is 2.06 bits per heavy atom. The zero-order chi connectivity index (χ0) is 12.8. The maximum absolute atomic E-state index is 12.9. The number of nitrogens with two attached hydrogens (primary N) is 1. The quantitative estimate of drug-likeness (QED) is 0.868. The minimum Gasteiger partial charge on any atom is -0.330 e. The maximum Gasteiger partial charge on any atom is 0.416 e. The van der Waals surface area contributed by atoms with Crippen molar-refractivity contribution in [1.29, 1.82) is 0 Å². The predicted molar refractivity (Wildman–Crippen MR) is 58.3 cm³/mol. The summed E-state index contributed by atoms with van der Waals surface area (Å²) < 4.78 is 38.6. The van der Waals surface area contributed by atoms with Gasteiger partial charge in [0, 0.05) is 12.4 Å². The number of halogens is 3. The average Bonchev–Trinajstić information content (AvgIpc) is 2.79. The van der Waals surface area contributed by atoms with Gasteiger partial charge in [0.15, 0.2) is 0 Å². The molecule has 2 N–H and O–H groups in total. The lowest BCUT2D eigenvalue weighted by Gasteiger charge is -2.12. The van der Waals surface area contributed by atoms with E-state index in [1.54, 1.807) is 0 Å². The first-order valence-corrected chi connectivity index (χ1v) is 5.51. The molecule has 0 radical (unpaired) electrons. The van der Waals surface area contributed by atoms with E-state index in [2.05, 4.69) is 4.98 Å². The van der Waals surface area contributed by atoms with Gasteiger partial charge in [-0.1, -0.05) is 13.8 Å². The highest BCUT2D eigenvalue weighted by molar-refractivity contribution is 5.37. The van der Waals surface area contributed by atoms with E-state index in [-0.39, 0.29) is 22.8 Å². The minimum atomic E-state index is -4.32. The van der Waals surface area contributed by atoms with Gasteiger partial charge in [-0.2, -0.15) is 13.2 Å². The third-order valence-corrected chi connectivity index (χ3v) is 3.80. The first kappa shape index (κ1) is 12.4. The van der Waals surface area contributed by atoms with Crippen molar-refractivity contribution in [2.75, 3.05) is 6.54 Å². The van der Waals surface area contributed by atoms with Crippen molar-refractivity contribution in [3.05, 3.63) is 29.6 Å². The monoisotopic (exact) mass is 244 g/mol. The first-order valence-electron chi connectivity index (χ1n) is 5.51. The summed E-state index contributed by atoms with van der Waals surface area (Å²) in [5.41, 5.74) is 5.12. The molecule has 5 heteroatoms. The van der Waals surface area contributed by atoms with Gasteiger partial charge < -0.3 is 5.73 Å². The van der Waals surface area contributed by atoms with Crippen molar-refractivity contribution in [2.24, 2.45) is 17.1 Å². The highest BCUT2D eigenvalue weighted by Crippen LogP contribution is 2.64. The van der Waals surface area contributed by atoms with Gasteiger partial charge in [0.25, 0.3) is 0 Å². The number of nitrogens with zero attached hydrogens (tertiary/aromatic N) is 1. The molecule has 0 bridgehead atoms. The summed E-state index contributed by atoms with van der Waals surface area (Å²) >= 11 is 0. The largest absolute Gasteiger partial charge is 0.416 e. The van der Waals surface area contributed by atoms with Crippen molar-refractivity contribution in [3.8, 4) is 0 Å².